The predicted octanol–water partition coefficient (Wildman–Crippen LogP) is 2.94. The number of ether oxygens (including phenoxy) is 2. The van der Waals surface area contributed by atoms with Crippen molar-refractivity contribution in [3.05, 3.63) is 70.9 Å². The van der Waals surface area contributed by atoms with Crippen LogP contribution in [0.1, 0.15) is 32.0 Å². The van der Waals surface area contributed by atoms with E-state index in [-0.39, 0.29) is 28.3 Å². The SMILES string of the molecule is COC(=O)c1c(COC(=O)c2ccc(S(=O)(=O)N(C)C)cc2)nc2ccccc2c1C. The van der Waals surface area contributed by atoms with Crippen LogP contribution in [0.25, 0.3) is 10.9 Å². The molecule has 31 heavy (non-hydrogen) atoms. The van der Waals surface area contributed by atoms with E-state index in [9.17, 15) is 18.0 Å². The molecule has 1 heterocycles. The third-order valence-corrected chi connectivity index (χ3v) is 6.65. The van der Waals surface area contributed by atoms with Crippen LogP contribution in [0.15, 0.2) is 53.4 Å². The van der Waals surface area contributed by atoms with Crippen LogP contribution >= 0.6 is 0 Å². The van der Waals surface area contributed by atoms with E-state index >= 15 is 0 Å². The summed E-state index contributed by atoms with van der Waals surface area (Å²) in [4.78, 5) is 29.4. The van der Waals surface area contributed by atoms with Crippen LogP contribution in [-0.2, 0) is 26.1 Å². The summed E-state index contributed by atoms with van der Waals surface area (Å²) >= 11 is 0. The highest BCUT2D eigenvalue weighted by Crippen LogP contribution is 2.24. The van der Waals surface area contributed by atoms with Crippen molar-refractivity contribution < 1.29 is 27.5 Å². The second-order valence-electron chi connectivity index (χ2n) is 6.96. The van der Waals surface area contributed by atoms with Gasteiger partial charge in [-0.3, -0.25) is 0 Å². The van der Waals surface area contributed by atoms with E-state index in [1.807, 2.05) is 18.2 Å². The third-order valence-electron chi connectivity index (χ3n) is 4.83. The van der Waals surface area contributed by atoms with E-state index in [0.29, 0.717) is 11.1 Å². The molecule has 0 bridgehead atoms. The number of benzene rings is 2. The smallest absolute Gasteiger partial charge is 0.340 e. The highest BCUT2D eigenvalue weighted by atomic mass is 32.2. The average Bonchev–Trinajstić information content (AvgIpc) is 2.77. The lowest BCUT2D eigenvalue weighted by Gasteiger charge is -2.14. The van der Waals surface area contributed by atoms with Crippen LogP contribution in [-0.4, -0.2) is 50.9 Å². The van der Waals surface area contributed by atoms with Crippen LogP contribution in [0.3, 0.4) is 0 Å². The summed E-state index contributed by atoms with van der Waals surface area (Å²) in [5, 5.41) is 0.802. The molecule has 0 fully saturated rings. The maximum Gasteiger partial charge on any atom is 0.340 e. The van der Waals surface area contributed by atoms with Crippen LogP contribution in [0, 0.1) is 6.92 Å². The number of esters is 2. The molecule has 0 amide bonds. The fraction of sp³-hybridized carbons (Fsp3) is 0.227. The molecular weight excluding hydrogens is 420 g/mol. The summed E-state index contributed by atoms with van der Waals surface area (Å²) in [6.45, 7) is 1.54. The monoisotopic (exact) mass is 442 g/mol. The Hall–Kier alpha value is -3.30. The molecule has 9 heteroatoms. The Morgan fingerprint density at radius 3 is 2.26 bits per heavy atom. The quantitative estimate of drug-likeness (QED) is 0.541. The maximum absolute atomic E-state index is 12.5. The summed E-state index contributed by atoms with van der Waals surface area (Å²) in [5.41, 5.74) is 2.05. The topological polar surface area (TPSA) is 103 Å². The molecule has 0 saturated carbocycles. The van der Waals surface area contributed by atoms with Gasteiger partial charge in [-0.2, -0.15) is 0 Å². The second kappa shape index (κ2) is 8.83. The molecule has 3 aromatic rings. The van der Waals surface area contributed by atoms with Gasteiger partial charge >= 0.3 is 11.9 Å². The van der Waals surface area contributed by atoms with E-state index in [1.54, 1.807) is 13.0 Å². The molecule has 0 saturated heterocycles. The molecule has 0 N–H and O–H groups in total. The maximum atomic E-state index is 12.5. The Kier molecular flexibility index (Phi) is 6.37. The van der Waals surface area contributed by atoms with E-state index in [4.69, 9.17) is 9.47 Å². The van der Waals surface area contributed by atoms with Gasteiger partial charge in [-0.15, -0.1) is 0 Å². The van der Waals surface area contributed by atoms with Gasteiger partial charge in [0.1, 0.15) is 6.61 Å². The first kappa shape index (κ1) is 22.4. The number of nitrogens with zero attached hydrogens (tertiary/aromatic N) is 2. The lowest BCUT2D eigenvalue weighted by Crippen LogP contribution is -2.22. The molecule has 0 unspecified atom stereocenters. The normalized spacial score (nSPS) is 11.5. The van der Waals surface area contributed by atoms with Gasteiger partial charge in [-0.1, -0.05) is 18.2 Å². The molecule has 0 atom stereocenters. The van der Waals surface area contributed by atoms with Crippen molar-refractivity contribution in [1.82, 2.24) is 9.29 Å². The van der Waals surface area contributed by atoms with Gasteiger partial charge in [-0.05, 0) is 42.8 Å². The van der Waals surface area contributed by atoms with Gasteiger partial charge < -0.3 is 9.47 Å². The zero-order valence-corrected chi connectivity index (χ0v) is 18.4. The summed E-state index contributed by atoms with van der Waals surface area (Å²) in [5.74, 6) is -1.24. The third kappa shape index (κ3) is 4.42. The van der Waals surface area contributed by atoms with Gasteiger partial charge in [-0.25, -0.2) is 27.3 Å². The lowest BCUT2D eigenvalue weighted by molar-refractivity contribution is 0.0455. The minimum atomic E-state index is -3.60. The van der Waals surface area contributed by atoms with Crippen molar-refractivity contribution in [3.8, 4) is 0 Å². The van der Waals surface area contributed by atoms with Gasteiger partial charge in [0.15, 0.2) is 0 Å². The van der Waals surface area contributed by atoms with Crippen LogP contribution < -0.4 is 0 Å². The predicted molar refractivity (Wildman–Crippen MR) is 114 cm³/mol. The van der Waals surface area contributed by atoms with Gasteiger partial charge in [0.05, 0.1) is 34.3 Å². The Labute approximate surface area is 180 Å². The standard InChI is InChI=1S/C22H22N2O6S/c1-14-17-7-5-6-8-18(17)23-19(20(14)22(26)29-4)13-30-21(25)15-9-11-16(12-10-15)31(27,28)24(2)3/h5-12H,13H2,1-4H3. The zero-order chi connectivity index (χ0) is 22.8. The highest BCUT2D eigenvalue weighted by Gasteiger charge is 2.21. The van der Waals surface area contributed by atoms with Gasteiger partial charge in [0, 0.05) is 19.5 Å². The number of aryl methyl sites for hydroxylation is 1. The molecular formula is C22H22N2O6S. The average molecular weight is 442 g/mol. The largest absolute Gasteiger partial charge is 0.465 e. The zero-order valence-electron chi connectivity index (χ0n) is 17.6. The van der Waals surface area contributed by atoms with Crippen molar-refractivity contribution in [2.24, 2.45) is 0 Å². The first-order chi connectivity index (χ1) is 14.7. The Bertz CT molecular complexity index is 1250. The van der Waals surface area contributed by atoms with E-state index in [2.05, 4.69) is 4.98 Å². The Morgan fingerprint density at radius 1 is 1.00 bits per heavy atom. The molecule has 1 aromatic heterocycles. The number of hydrogen-bond donors (Lipinski definition) is 0. The molecule has 0 aliphatic heterocycles. The Balaban J connectivity index is 1.87. The fourth-order valence-electron chi connectivity index (χ4n) is 3.11. The molecule has 0 spiro atoms. The molecule has 3 rings (SSSR count). The van der Waals surface area contributed by atoms with Gasteiger partial charge in [0.2, 0.25) is 10.0 Å². The van der Waals surface area contributed by atoms with Crippen LogP contribution in [0.2, 0.25) is 0 Å². The number of para-hydroxylation sites is 1. The van der Waals surface area contributed by atoms with E-state index < -0.39 is 22.0 Å². The number of carbonyl (C=O) groups excluding carboxylic acids is 2. The molecule has 0 aliphatic carbocycles. The van der Waals surface area contributed by atoms with Crippen LogP contribution in [0.5, 0.6) is 0 Å². The summed E-state index contributed by atoms with van der Waals surface area (Å²) in [6, 6.07) is 12.7. The summed E-state index contributed by atoms with van der Waals surface area (Å²) < 4.78 is 35.6. The number of carbonyl (C=O) groups is 2. The van der Waals surface area contributed by atoms with Crippen molar-refractivity contribution >= 4 is 32.9 Å². The number of pyridine rings is 1. The van der Waals surface area contributed by atoms with Crippen LogP contribution in [0.4, 0.5) is 0 Å². The number of rotatable bonds is 6. The fourth-order valence-corrected chi connectivity index (χ4v) is 4.01. The first-order valence-electron chi connectivity index (χ1n) is 9.33. The number of sulfonamides is 1. The van der Waals surface area contributed by atoms with Crippen molar-refractivity contribution in [3.63, 3.8) is 0 Å². The summed E-state index contributed by atoms with van der Waals surface area (Å²) in [6.07, 6.45) is 0. The molecule has 0 aliphatic rings. The van der Waals surface area contributed by atoms with Gasteiger partial charge in [0.25, 0.3) is 0 Å². The number of fused-ring (bicyclic) bond motifs is 1. The van der Waals surface area contributed by atoms with Crippen molar-refractivity contribution in [1.29, 1.82) is 0 Å². The van der Waals surface area contributed by atoms with E-state index in [0.717, 1.165) is 9.69 Å². The first-order valence-corrected chi connectivity index (χ1v) is 10.8. The van der Waals surface area contributed by atoms with Crippen molar-refractivity contribution in [2.75, 3.05) is 21.2 Å². The molecule has 162 valence electrons. The van der Waals surface area contributed by atoms with Crippen molar-refractivity contribution in [2.45, 2.75) is 18.4 Å². The number of methoxy groups -OCH3 is 1. The Morgan fingerprint density at radius 2 is 1.65 bits per heavy atom. The number of aromatic nitrogens is 1. The minimum Gasteiger partial charge on any atom is -0.465 e. The highest BCUT2D eigenvalue weighted by molar-refractivity contribution is 7.89. The molecule has 2 aromatic carbocycles. The lowest BCUT2D eigenvalue weighted by atomic mass is 10.0. The number of hydrogen-bond acceptors (Lipinski definition) is 7. The van der Waals surface area contributed by atoms with E-state index in [1.165, 1.54) is 45.5 Å². The molecule has 8 nitrogen and oxygen atoms in total. The second-order valence-corrected chi connectivity index (χ2v) is 9.11. The minimum absolute atomic E-state index is 0.0637. The molecule has 0 radical (unpaired) electrons. The summed E-state index contributed by atoms with van der Waals surface area (Å²) in [7, 11) is 0.527.